The van der Waals surface area contributed by atoms with Gasteiger partial charge in [-0.2, -0.15) is 10.3 Å². The maximum Gasteiger partial charge on any atom is 0.279 e. The number of rotatable bonds is 3. The average Bonchev–Trinajstić information content (AvgIpc) is 2.92. The SMILES string of the molecule is C=CCn1c(=NC(=O)c2ccc(C#N)cc2)sc2cc(C)cc(C)c21. The maximum atomic E-state index is 12.5. The van der Waals surface area contributed by atoms with E-state index < -0.39 is 0 Å². The summed E-state index contributed by atoms with van der Waals surface area (Å²) in [6.07, 6.45) is 1.80. The first-order valence-electron chi connectivity index (χ1n) is 7.84. The fourth-order valence-electron chi connectivity index (χ4n) is 2.81. The van der Waals surface area contributed by atoms with E-state index in [1.54, 1.807) is 30.3 Å². The van der Waals surface area contributed by atoms with E-state index in [1.807, 2.05) is 10.6 Å². The third kappa shape index (κ3) is 3.30. The Morgan fingerprint density at radius 3 is 2.68 bits per heavy atom. The highest BCUT2D eigenvalue weighted by molar-refractivity contribution is 7.16. The number of nitriles is 1. The smallest absolute Gasteiger partial charge is 0.279 e. The van der Waals surface area contributed by atoms with Gasteiger partial charge in [0.25, 0.3) is 5.91 Å². The summed E-state index contributed by atoms with van der Waals surface area (Å²) in [4.78, 5) is 17.5. The van der Waals surface area contributed by atoms with Crippen LogP contribution >= 0.6 is 11.3 Å². The third-order valence-corrected chi connectivity index (χ3v) is 4.91. The molecule has 0 unspecified atom stereocenters. The van der Waals surface area contributed by atoms with E-state index in [0.29, 0.717) is 22.5 Å². The lowest BCUT2D eigenvalue weighted by atomic mass is 10.1. The van der Waals surface area contributed by atoms with Gasteiger partial charge in [0.15, 0.2) is 4.80 Å². The Kier molecular flexibility index (Phi) is 4.64. The van der Waals surface area contributed by atoms with Crippen molar-refractivity contribution in [2.45, 2.75) is 20.4 Å². The average molecular weight is 347 g/mol. The lowest BCUT2D eigenvalue weighted by Gasteiger charge is -2.05. The zero-order valence-corrected chi connectivity index (χ0v) is 14.9. The highest BCUT2D eigenvalue weighted by Crippen LogP contribution is 2.23. The van der Waals surface area contributed by atoms with Crippen molar-refractivity contribution in [3.8, 4) is 6.07 Å². The number of hydrogen-bond acceptors (Lipinski definition) is 3. The number of hydrogen-bond donors (Lipinski definition) is 0. The number of aromatic nitrogens is 1. The summed E-state index contributed by atoms with van der Waals surface area (Å²) in [5.41, 5.74) is 4.41. The van der Waals surface area contributed by atoms with E-state index in [-0.39, 0.29) is 5.91 Å². The topological polar surface area (TPSA) is 58.1 Å². The van der Waals surface area contributed by atoms with Crippen LogP contribution in [0.2, 0.25) is 0 Å². The molecule has 3 aromatic rings. The molecule has 0 bridgehead atoms. The summed E-state index contributed by atoms with van der Waals surface area (Å²) in [5.74, 6) is -0.316. The first kappa shape index (κ1) is 16.9. The molecule has 0 N–H and O–H groups in total. The van der Waals surface area contributed by atoms with Gasteiger partial charge in [0.05, 0.1) is 21.8 Å². The Morgan fingerprint density at radius 1 is 1.32 bits per heavy atom. The molecule has 0 saturated heterocycles. The number of amides is 1. The largest absolute Gasteiger partial charge is 0.312 e. The second-order valence-corrected chi connectivity index (χ2v) is 6.83. The number of fused-ring (bicyclic) bond motifs is 1. The Bertz CT molecular complexity index is 1080. The molecule has 0 atom stereocenters. The van der Waals surface area contributed by atoms with E-state index in [4.69, 9.17) is 5.26 Å². The number of benzene rings is 2. The Morgan fingerprint density at radius 2 is 2.04 bits per heavy atom. The Balaban J connectivity index is 2.16. The Hall–Kier alpha value is -2.97. The van der Waals surface area contributed by atoms with Crippen LogP contribution in [0.25, 0.3) is 10.2 Å². The highest BCUT2D eigenvalue weighted by Gasteiger charge is 2.11. The van der Waals surface area contributed by atoms with Crippen LogP contribution < -0.4 is 4.80 Å². The summed E-state index contributed by atoms with van der Waals surface area (Å²) in [6, 6.07) is 12.8. The van der Waals surface area contributed by atoms with Gasteiger partial charge in [-0.25, -0.2) is 0 Å². The van der Waals surface area contributed by atoms with E-state index in [1.165, 1.54) is 16.9 Å². The number of aryl methyl sites for hydroxylation is 2. The lowest BCUT2D eigenvalue weighted by Crippen LogP contribution is -2.16. The second kappa shape index (κ2) is 6.88. The molecule has 0 radical (unpaired) electrons. The minimum atomic E-state index is -0.316. The molecule has 1 heterocycles. The number of thiazole rings is 1. The predicted octanol–water partition coefficient (Wildman–Crippen LogP) is 4.12. The van der Waals surface area contributed by atoms with E-state index in [9.17, 15) is 4.79 Å². The molecule has 1 amide bonds. The number of nitrogens with zero attached hydrogens (tertiary/aromatic N) is 3. The van der Waals surface area contributed by atoms with Crippen LogP contribution in [0, 0.1) is 25.2 Å². The molecule has 5 heteroatoms. The standard InChI is InChI=1S/C20H17N3OS/c1-4-9-23-18-14(3)10-13(2)11-17(18)25-20(23)22-19(24)16-7-5-15(12-21)6-8-16/h4-8,10-11H,1,9H2,2-3H3. The summed E-state index contributed by atoms with van der Waals surface area (Å²) in [5, 5.41) is 8.86. The minimum absolute atomic E-state index is 0.316. The summed E-state index contributed by atoms with van der Waals surface area (Å²) < 4.78 is 3.12. The number of carbonyl (C=O) groups is 1. The van der Waals surface area contributed by atoms with Crippen molar-refractivity contribution in [3.05, 3.63) is 76.1 Å². The molecule has 0 spiro atoms. The molecule has 0 aliphatic heterocycles. The van der Waals surface area contributed by atoms with E-state index in [2.05, 4.69) is 37.6 Å². The fraction of sp³-hybridized carbons (Fsp3) is 0.150. The molecule has 0 fully saturated rings. The molecule has 25 heavy (non-hydrogen) atoms. The number of carbonyl (C=O) groups excluding carboxylic acids is 1. The van der Waals surface area contributed by atoms with Crippen LogP contribution in [0.5, 0.6) is 0 Å². The molecule has 0 aliphatic carbocycles. The van der Waals surface area contributed by atoms with Crippen molar-refractivity contribution >= 4 is 27.5 Å². The predicted molar refractivity (Wildman–Crippen MR) is 101 cm³/mol. The summed E-state index contributed by atoms with van der Waals surface area (Å²) >= 11 is 1.50. The van der Waals surface area contributed by atoms with Gasteiger partial charge in [-0.05, 0) is 55.3 Å². The molecule has 1 aromatic heterocycles. The van der Waals surface area contributed by atoms with E-state index in [0.717, 1.165) is 15.8 Å². The van der Waals surface area contributed by atoms with Crippen LogP contribution in [0.3, 0.4) is 0 Å². The zero-order chi connectivity index (χ0) is 18.0. The van der Waals surface area contributed by atoms with Gasteiger partial charge in [0.2, 0.25) is 0 Å². The minimum Gasteiger partial charge on any atom is -0.312 e. The number of allylic oxidation sites excluding steroid dienone is 1. The van der Waals surface area contributed by atoms with Gasteiger partial charge >= 0.3 is 0 Å². The summed E-state index contributed by atoms with van der Waals surface area (Å²) in [7, 11) is 0. The van der Waals surface area contributed by atoms with Crippen LogP contribution in [0.4, 0.5) is 0 Å². The zero-order valence-electron chi connectivity index (χ0n) is 14.1. The van der Waals surface area contributed by atoms with Crippen molar-refractivity contribution in [2.75, 3.05) is 0 Å². The molecular weight excluding hydrogens is 330 g/mol. The molecule has 2 aromatic carbocycles. The van der Waals surface area contributed by atoms with Crippen LogP contribution in [0.15, 0.2) is 54.0 Å². The van der Waals surface area contributed by atoms with Gasteiger partial charge in [0.1, 0.15) is 0 Å². The van der Waals surface area contributed by atoms with Crippen molar-refractivity contribution in [1.29, 1.82) is 5.26 Å². The molecule has 4 nitrogen and oxygen atoms in total. The van der Waals surface area contributed by atoms with Crippen molar-refractivity contribution in [1.82, 2.24) is 4.57 Å². The van der Waals surface area contributed by atoms with Gasteiger partial charge in [-0.1, -0.05) is 23.5 Å². The monoisotopic (exact) mass is 347 g/mol. The molecule has 124 valence electrons. The molecular formula is C20H17N3OS. The lowest BCUT2D eigenvalue weighted by molar-refractivity contribution is 0.0998. The van der Waals surface area contributed by atoms with Gasteiger partial charge in [0, 0.05) is 12.1 Å². The normalized spacial score (nSPS) is 11.5. The quantitative estimate of drug-likeness (QED) is 0.669. The Labute approximate surface area is 150 Å². The molecule has 3 rings (SSSR count). The highest BCUT2D eigenvalue weighted by atomic mass is 32.1. The van der Waals surface area contributed by atoms with Crippen molar-refractivity contribution in [2.24, 2.45) is 4.99 Å². The summed E-state index contributed by atoms with van der Waals surface area (Å²) in [6.45, 7) is 8.52. The van der Waals surface area contributed by atoms with Crippen LogP contribution in [-0.4, -0.2) is 10.5 Å². The van der Waals surface area contributed by atoms with E-state index >= 15 is 0 Å². The van der Waals surface area contributed by atoms with Crippen LogP contribution in [-0.2, 0) is 6.54 Å². The van der Waals surface area contributed by atoms with Gasteiger partial charge in [-0.15, -0.1) is 6.58 Å². The fourth-order valence-corrected chi connectivity index (χ4v) is 4.03. The van der Waals surface area contributed by atoms with Gasteiger partial charge < -0.3 is 4.57 Å². The van der Waals surface area contributed by atoms with Crippen LogP contribution in [0.1, 0.15) is 27.0 Å². The third-order valence-electron chi connectivity index (χ3n) is 3.88. The second-order valence-electron chi connectivity index (χ2n) is 5.82. The first-order valence-corrected chi connectivity index (χ1v) is 8.66. The maximum absolute atomic E-state index is 12.5. The molecule has 0 saturated carbocycles. The first-order chi connectivity index (χ1) is 12.0. The van der Waals surface area contributed by atoms with Crippen molar-refractivity contribution in [3.63, 3.8) is 0 Å². The molecule has 0 aliphatic rings. The van der Waals surface area contributed by atoms with Gasteiger partial charge in [-0.3, -0.25) is 4.79 Å². The van der Waals surface area contributed by atoms with Crippen molar-refractivity contribution < 1.29 is 4.79 Å².